The van der Waals surface area contributed by atoms with Gasteiger partial charge in [-0.25, -0.2) is 0 Å². The minimum atomic E-state index is 0.0722. The zero-order valence-electron chi connectivity index (χ0n) is 10.9. The van der Waals surface area contributed by atoms with Crippen molar-refractivity contribution < 1.29 is 0 Å². The first kappa shape index (κ1) is 13.1. The Bertz CT molecular complexity index is 536. The molecule has 4 nitrogen and oxygen atoms in total. The van der Waals surface area contributed by atoms with E-state index in [4.69, 9.17) is 5.73 Å². The number of rotatable bonds is 4. The van der Waals surface area contributed by atoms with Crippen LogP contribution in [-0.4, -0.2) is 14.8 Å². The molecule has 5 heteroatoms. The Balaban J connectivity index is 2.32. The zero-order valence-corrected chi connectivity index (χ0v) is 11.7. The van der Waals surface area contributed by atoms with Gasteiger partial charge in [0.1, 0.15) is 5.82 Å². The summed E-state index contributed by atoms with van der Waals surface area (Å²) in [5.74, 6) is 0.912. The fourth-order valence-electron chi connectivity index (χ4n) is 1.67. The fourth-order valence-corrected chi connectivity index (χ4v) is 2.71. The molecule has 0 spiro atoms. The topological polar surface area (TPSA) is 56.7 Å². The van der Waals surface area contributed by atoms with Crippen molar-refractivity contribution in [2.45, 2.75) is 36.4 Å². The summed E-state index contributed by atoms with van der Waals surface area (Å²) in [4.78, 5) is 1.15. The van der Waals surface area contributed by atoms with E-state index in [0.29, 0.717) is 0 Å². The average molecular weight is 262 g/mol. The van der Waals surface area contributed by atoms with E-state index in [1.54, 1.807) is 11.8 Å². The number of nitrogens with zero attached hydrogens (tertiary/aromatic N) is 3. The molecule has 0 saturated carbocycles. The normalized spacial score (nSPS) is 12.7. The van der Waals surface area contributed by atoms with E-state index in [9.17, 15) is 0 Å². The van der Waals surface area contributed by atoms with E-state index < -0.39 is 0 Å². The summed E-state index contributed by atoms with van der Waals surface area (Å²) < 4.78 is 1.99. The van der Waals surface area contributed by atoms with Gasteiger partial charge in [-0.1, -0.05) is 25.1 Å². The fraction of sp³-hybridized carbons (Fsp3) is 0.385. The van der Waals surface area contributed by atoms with E-state index in [1.807, 2.05) is 30.7 Å². The minimum Gasteiger partial charge on any atom is -0.324 e. The molecule has 0 radical (unpaired) electrons. The van der Waals surface area contributed by atoms with Crippen molar-refractivity contribution in [2.24, 2.45) is 12.8 Å². The Morgan fingerprint density at radius 1 is 1.33 bits per heavy atom. The second-order valence-corrected chi connectivity index (χ2v) is 5.25. The van der Waals surface area contributed by atoms with Gasteiger partial charge in [0.2, 0.25) is 0 Å². The van der Waals surface area contributed by atoms with Crippen LogP contribution in [0.15, 0.2) is 34.3 Å². The van der Waals surface area contributed by atoms with Crippen molar-refractivity contribution in [1.82, 2.24) is 14.8 Å². The van der Waals surface area contributed by atoms with Gasteiger partial charge >= 0.3 is 0 Å². The van der Waals surface area contributed by atoms with Crippen LogP contribution in [0.25, 0.3) is 0 Å². The van der Waals surface area contributed by atoms with Crippen molar-refractivity contribution in [3.8, 4) is 0 Å². The van der Waals surface area contributed by atoms with E-state index in [1.165, 1.54) is 5.56 Å². The molecule has 0 saturated heterocycles. The summed E-state index contributed by atoms with van der Waals surface area (Å²) in [7, 11) is 1.97. The smallest absolute Gasteiger partial charge is 0.195 e. The van der Waals surface area contributed by atoms with E-state index in [0.717, 1.165) is 22.3 Å². The molecule has 1 aromatic carbocycles. The molecule has 0 bridgehead atoms. The lowest BCUT2D eigenvalue weighted by Gasteiger charge is -2.13. The second-order valence-electron chi connectivity index (χ2n) is 4.24. The molecular formula is C13H18N4S. The van der Waals surface area contributed by atoms with Crippen LogP contribution in [0.3, 0.4) is 0 Å². The second kappa shape index (κ2) is 5.54. The minimum absolute atomic E-state index is 0.0722. The average Bonchev–Trinajstić information content (AvgIpc) is 2.70. The molecule has 2 aromatic rings. The summed E-state index contributed by atoms with van der Waals surface area (Å²) in [6, 6.07) is 8.29. The summed E-state index contributed by atoms with van der Waals surface area (Å²) >= 11 is 1.61. The molecule has 1 aromatic heterocycles. The molecule has 0 unspecified atom stereocenters. The van der Waals surface area contributed by atoms with Gasteiger partial charge in [0.15, 0.2) is 5.16 Å². The molecule has 0 aliphatic carbocycles. The summed E-state index contributed by atoms with van der Waals surface area (Å²) in [5.41, 5.74) is 7.31. The molecule has 0 amide bonds. The summed E-state index contributed by atoms with van der Waals surface area (Å²) in [5, 5.41) is 9.13. The predicted octanol–water partition coefficient (Wildman–Crippen LogP) is 2.68. The molecule has 1 atom stereocenters. The van der Waals surface area contributed by atoms with E-state index in [-0.39, 0.29) is 6.04 Å². The Labute approximate surface area is 112 Å². The van der Waals surface area contributed by atoms with Crippen LogP contribution in [0, 0.1) is 6.92 Å². The Morgan fingerprint density at radius 2 is 2.06 bits per heavy atom. The highest BCUT2D eigenvalue weighted by molar-refractivity contribution is 7.99. The first-order valence-corrected chi connectivity index (χ1v) is 6.83. The maximum Gasteiger partial charge on any atom is 0.195 e. The van der Waals surface area contributed by atoms with E-state index >= 15 is 0 Å². The van der Waals surface area contributed by atoms with Gasteiger partial charge in [-0.05, 0) is 36.7 Å². The van der Waals surface area contributed by atoms with Gasteiger partial charge in [0.05, 0.1) is 0 Å². The lowest BCUT2D eigenvalue weighted by molar-refractivity contribution is 0.684. The van der Waals surface area contributed by atoms with Crippen LogP contribution < -0.4 is 5.73 Å². The van der Waals surface area contributed by atoms with E-state index in [2.05, 4.69) is 29.3 Å². The Morgan fingerprint density at radius 3 is 2.67 bits per heavy atom. The summed E-state index contributed by atoms with van der Waals surface area (Å²) in [6.45, 7) is 4.04. The third-order valence-corrected chi connectivity index (χ3v) is 4.14. The van der Waals surface area contributed by atoms with Crippen LogP contribution in [0.5, 0.6) is 0 Å². The van der Waals surface area contributed by atoms with Crippen molar-refractivity contribution >= 4 is 11.8 Å². The molecule has 2 rings (SSSR count). The zero-order chi connectivity index (χ0) is 13.1. The number of nitrogens with two attached hydrogens (primary N) is 1. The standard InChI is InChI=1S/C13H18N4S/c1-4-11(14)10-7-5-6-8-12(10)18-13-16-15-9(2)17(13)3/h5-8,11H,4,14H2,1-3H3/t11-/m1/s1. The van der Waals surface area contributed by atoms with Crippen LogP contribution in [0.2, 0.25) is 0 Å². The number of benzene rings is 1. The maximum atomic E-state index is 6.14. The van der Waals surface area contributed by atoms with Gasteiger partial charge in [0, 0.05) is 18.0 Å². The third kappa shape index (κ3) is 2.57. The Hall–Kier alpha value is -1.33. The number of hydrogen-bond acceptors (Lipinski definition) is 4. The third-order valence-electron chi connectivity index (χ3n) is 3.01. The highest BCUT2D eigenvalue weighted by Crippen LogP contribution is 2.32. The molecular weight excluding hydrogens is 244 g/mol. The van der Waals surface area contributed by atoms with Gasteiger partial charge < -0.3 is 10.3 Å². The largest absolute Gasteiger partial charge is 0.324 e. The quantitative estimate of drug-likeness (QED) is 0.920. The molecule has 0 aliphatic heterocycles. The predicted molar refractivity (Wildman–Crippen MR) is 73.5 cm³/mol. The molecule has 1 heterocycles. The molecule has 96 valence electrons. The van der Waals surface area contributed by atoms with Crippen molar-refractivity contribution in [3.63, 3.8) is 0 Å². The van der Waals surface area contributed by atoms with Gasteiger partial charge in [-0.15, -0.1) is 10.2 Å². The van der Waals surface area contributed by atoms with Crippen molar-refractivity contribution in [1.29, 1.82) is 0 Å². The van der Waals surface area contributed by atoms with Crippen LogP contribution in [0.1, 0.15) is 30.8 Å². The summed E-state index contributed by atoms with van der Waals surface area (Å²) in [6.07, 6.45) is 0.926. The molecule has 18 heavy (non-hydrogen) atoms. The monoisotopic (exact) mass is 262 g/mol. The first-order valence-electron chi connectivity index (χ1n) is 6.01. The van der Waals surface area contributed by atoms with Crippen LogP contribution in [0.4, 0.5) is 0 Å². The number of aryl methyl sites for hydroxylation is 1. The van der Waals surface area contributed by atoms with Gasteiger partial charge in [-0.2, -0.15) is 0 Å². The SMILES string of the molecule is CC[C@@H](N)c1ccccc1Sc1nnc(C)n1C. The maximum absolute atomic E-state index is 6.14. The van der Waals surface area contributed by atoms with Crippen LogP contribution in [-0.2, 0) is 7.05 Å². The highest BCUT2D eigenvalue weighted by Gasteiger charge is 2.13. The molecule has 0 aliphatic rings. The highest BCUT2D eigenvalue weighted by atomic mass is 32.2. The van der Waals surface area contributed by atoms with Crippen molar-refractivity contribution in [2.75, 3.05) is 0 Å². The number of hydrogen-bond donors (Lipinski definition) is 1. The molecule has 2 N–H and O–H groups in total. The molecule has 0 fully saturated rings. The lowest BCUT2D eigenvalue weighted by Crippen LogP contribution is -2.09. The first-order chi connectivity index (χ1) is 8.63. The van der Waals surface area contributed by atoms with Gasteiger partial charge in [-0.3, -0.25) is 0 Å². The van der Waals surface area contributed by atoms with Crippen LogP contribution >= 0.6 is 11.8 Å². The Kier molecular flexibility index (Phi) is 4.04. The number of aromatic nitrogens is 3. The van der Waals surface area contributed by atoms with Gasteiger partial charge in [0.25, 0.3) is 0 Å². The lowest BCUT2D eigenvalue weighted by atomic mass is 10.1. The van der Waals surface area contributed by atoms with Crippen molar-refractivity contribution in [3.05, 3.63) is 35.7 Å².